The standard InChI is InChI=1S/C28H27N5O6S/c1-18-14-21(15-26-27(34)30(28(35)40-26)17-20-6-8-22(9-7-20)32(36)37)19(2)31(18)23-10-11-24(25(16-23)33(38)39)29-12-4-3-5-13-29/h6-11,14-16H,3-5,12-13,17H2,1-2H3/b26-15-. The number of nitrogens with zero attached hydrogens (tertiary/aromatic N) is 5. The second kappa shape index (κ2) is 11.0. The molecule has 12 heteroatoms. The molecule has 5 rings (SSSR count). The van der Waals surface area contributed by atoms with E-state index >= 15 is 0 Å². The van der Waals surface area contributed by atoms with Crippen LogP contribution < -0.4 is 4.90 Å². The normalized spacial score (nSPS) is 16.7. The number of amides is 2. The van der Waals surface area contributed by atoms with Gasteiger partial charge >= 0.3 is 0 Å². The van der Waals surface area contributed by atoms with Gasteiger partial charge in [-0.1, -0.05) is 12.1 Å². The number of hydrogen-bond acceptors (Lipinski definition) is 8. The number of benzene rings is 2. The van der Waals surface area contributed by atoms with Crippen molar-refractivity contribution in [2.24, 2.45) is 0 Å². The van der Waals surface area contributed by atoms with E-state index in [1.165, 1.54) is 24.3 Å². The third-order valence-electron chi connectivity index (χ3n) is 7.23. The maximum absolute atomic E-state index is 13.1. The summed E-state index contributed by atoms with van der Waals surface area (Å²) in [7, 11) is 0. The van der Waals surface area contributed by atoms with Gasteiger partial charge in [0.25, 0.3) is 22.5 Å². The van der Waals surface area contributed by atoms with Crippen LogP contribution in [0.25, 0.3) is 11.8 Å². The summed E-state index contributed by atoms with van der Waals surface area (Å²) in [5.41, 5.74) is 4.18. The molecule has 0 aliphatic carbocycles. The molecule has 0 atom stereocenters. The molecule has 0 unspecified atom stereocenters. The highest BCUT2D eigenvalue weighted by atomic mass is 32.2. The van der Waals surface area contributed by atoms with Gasteiger partial charge in [-0.05, 0) is 80.3 Å². The predicted octanol–water partition coefficient (Wildman–Crippen LogP) is 6.14. The van der Waals surface area contributed by atoms with Gasteiger partial charge in [0.15, 0.2) is 0 Å². The van der Waals surface area contributed by atoms with Crippen LogP contribution in [0.4, 0.5) is 21.9 Å². The average molecular weight is 562 g/mol. The number of aryl methyl sites for hydroxylation is 1. The number of nitro benzene ring substituents is 2. The Morgan fingerprint density at radius 1 is 0.925 bits per heavy atom. The number of carbonyl (C=O) groups is 2. The molecule has 3 aromatic rings. The Morgan fingerprint density at radius 3 is 2.27 bits per heavy atom. The van der Waals surface area contributed by atoms with Gasteiger partial charge in [-0.25, -0.2) is 0 Å². The average Bonchev–Trinajstić information content (AvgIpc) is 3.37. The lowest BCUT2D eigenvalue weighted by Crippen LogP contribution is -2.30. The fraction of sp³-hybridized carbons (Fsp3) is 0.286. The summed E-state index contributed by atoms with van der Waals surface area (Å²) in [6.07, 6.45) is 4.81. The van der Waals surface area contributed by atoms with Crippen LogP contribution >= 0.6 is 11.8 Å². The lowest BCUT2D eigenvalue weighted by atomic mass is 10.1. The van der Waals surface area contributed by atoms with Crippen LogP contribution in [0.15, 0.2) is 53.4 Å². The van der Waals surface area contributed by atoms with E-state index in [4.69, 9.17) is 0 Å². The molecular weight excluding hydrogens is 534 g/mol. The van der Waals surface area contributed by atoms with Crippen molar-refractivity contribution >= 4 is 46.0 Å². The van der Waals surface area contributed by atoms with E-state index in [1.807, 2.05) is 30.5 Å². The molecule has 2 fully saturated rings. The first-order chi connectivity index (χ1) is 19.1. The first kappa shape index (κ1) is 27.1. The number of nitro groups is 2. The molecule has 1 aromatic heterocycles. The summed E-state index contributed by atoms with van der Waals surface area (Å²) in [6.45, 7) is 5.35. The zero-order valence-corrected chi connectivity index (χ0v) is 22.8. The molecule has 206 valence electrons. The van der Waals surface area contributed by atoms with Crippen molar-refractivity contribution in [3.8, 4) is 5.69 Å². The Labute approximate surface area is 234 Å². The SMILES string of the molecule is Cc1cc(/C=C2\SC(=O)N(Cc3ccc([N+](=O)[O-])cc3)C2=O)c(C)n1-c1ccc(N2CCCCC2)c([N+](=O)[O-])c1. The minimum absolute atomic E-state index is 0.00601. The van der Waals surface area contributed by atoms with E-state index < -0.39 is 16.1 Å². The van der Waals surface area contributed by atoms with Gasteiger partial charge in [0.1, 0.15) is 5.69 Å². The highest BCUT2D eigenvalue weighted by molar-refractivity contribution is 8.18. The van der Waals surface area contributed by atoms with Gasteiger partial charge in [-0.3, -0.25) is 34.7 Å². The molecule has 2 amide bonds. The van der Waals surface area contributed by atoms with E-state index in [2.05, 4.69) is 4.90 Å². The third kappa shape index (κ3) is 5.22. The van der Waals surface area contributed by atoms with Crippen molar-refractivity contribution < 1.29 is 19.4 Å². The van der Waals surface area contributed by atoms with Crippen LogP contribution in [-0.2, 0) is 11.3 Å². The highest BCUT2D eigenvalue weighted by Gasteiger charge is 2.35. The highest BCUT2D eigenvalue weighted by Crippen LogP contribution is 2.36. The summed E-state index contributed by atoms with van der Waals surface area (Å²) in [5.74, 6) is -0.445. The lowest BCUT2D eigenvalue weighted by molar-refractivity contribution is -0.384. The zero-order valence-electron chi connectivity index (χ0n) is 22.0. The summed E-state index contributed by atoms with van der Waals surface area (Å²) < 4.78 is 1.90. The Hall–Kier alpha value is -4.45. The molecule has 0 N–H and O–H groups in total. The smallest absolute Gasteiger partial charge is 0.294 e. The Morgan fingerprint density at radius 2 is 1.62 bits per heavy atom. The predicted molar refractivity (Wildman–Crippen MR) is 153 cm³/mol. The van der Waals surface area contributed by atoms with Crippen molar-refractivity contribution in [3.63, 3.8) is 0 Å². The molecule has 40 heavy (non-hydrogen) atoms. The van der Waals surface area contributed by atoms with Gasteiger partial charge in [-0.15, -0.1) is 0 Å². The number of hydrogen-bond donors (Lipinski definition) is 0. The molecule has 3 heterocycles. The Balaban J connectivity index is 1.41. The van der Waals surface area contributed by atoms with Crippen LogP contribution in [0.3, 0.4) is 0 Å². The third-order valence-corrected chi connectivity index (χ3v) is 8.14. The van der Waals surface area contributed by atoms with Crippen LogP contribution in [0, 0.1) is 34.1 Å². The molecule has 0 saturated carbocycles. The van der Waals surface area contributed by atoms with Crippen LogP contribution in [-0.4, -0.2) is 43.5 Å². The van der Waals surface area contributed by atoms with E-state index in [1.54, 1.807) is 18.2 Å². The van der Waals surface area contributed by atoms with E-state index in [0.29, 0.717) is 16.9 Å². The van der Waals surface area contributed by atoms with Crippen LogP contribution in [0.2, 0.25) is 0 Å². The minimum atomic E-state index is -0.510. The number of rotatable bonds is 7. The number of carbonyl (C=O) groups excluding carboxylic acids is 2. The van der Waals surface area contributed by atoms with Gasteiger partial charge in [-0.2, -0.15) is 0 Å². The van der Waals surface area contributed by atoms with Gasteiger partial charge in [0, 0.05) is 42.7 Å². The maximum atomic E-state index is 13.1. The Bertz CT molecular complexity index is 1560. The van der Waals surface area contributed by atoms with Crippen molar-refractivity contribution in [1.29, 1.82) is 0 Å². The summed E-state index contributed by atoms with van der Waals surface area (Å²) in [6, 6.07) is 12.9. The van der Waals surface area contributed by atoms with Crippen molar-refractivity contribution in [2.75, 3.05) is 18.0 Å². The Kier molecular flexibility index (Phi) is 7.44. The van der Waals surface area contributed by atoms with E-state index in [0.717, 1.165) is 66.0 Å². The molecule has 0 spiro atoms. The molecule has 0 bridgehead atoms. The maximum Gasteiger partial charge on any atom is 0.294 e. The second-order valence-corrected chi connectivity index (χ2v) is 10.8. The number of non-ortho nitro benzene ring substituents is 1. The zero-order chi connectivity index (χ0) is 28.6. The van der Waals surface area contributed by atoms with Crippen molar-refractivity contribution in [3.05, 3.63) is 96.2 Å². The molecular formula is C28H27N5O6S. The summed E-state index contributed by atoms with van der Waals surface area (Å²) in [5, 5.41) is 22.4. The molecule has 2 aromatic carbocycles. The largest absolute Gasteiger partial charge is 0.366 e. The van der Waals surface area contributed by atoms with E-state index in [9.17, 15) is 29.8 Å². The number of anilines is 1. The first-order valence-corrected chi connectivity index (χ1v) is 13.7. The number of aromatic nitrogens is 1. The molecule has 11 nitrogen and oxygen atoms in total. The minimum Gasteiger partial charge on any atom is -0.366 e. The molecule has 2 aliphatic heterocycles. The number of imide groups is 1. The van der Waals surface area contributed by atoms with Gasteiger partial charge in [0.2, 0.25) is 0 Å². The number of thioether (sulfide) groups is 1. The van der Waals surface area contributed by atoms with E-state index in [-0.39, 0.29) is 27.7 Å². The quantitative estimate of drug-likeness (QED) is 0.191. The molecule has 2 aliphatic rings. The van der Waals surface area contributed by atoms with Crippen LogP contribution in [0.5, 0.6) is 0 Å². The van der Waals surface area contributed by atoms with Crippen LogP contribution in [0.1, 0.15) is 41.8 Å². The fourth-order valence-corrected chi connectivity index (χ4v) is 6.04. The monoisotopic (exact) mass is 561 g/mol. The lowest BCUT2D eigenvalue weighted by Gasteiger charge is -2.28. The topological polar surface area (TPSA) is 132 Å². The number of piperidine rings is 1. The summed E-state index contributed by atoms with van der Waals surface area (Å²) in [4.78, 5) is 51.2. The van der Waals surface area contributed by atoms with Crippen molar-refractivity contribution in [1.82, 2.24) is 9.47 Å². The van der Waals surface area contributed by atoms with Gasteiger partial charge < -0.3 is 9.47 Å². The van der Waals surface area contributed by atoms with Gasteiger partial charge in [0.05, 0.1) is 27.0 Å². The summed E-state index contributed by atoms with van der Waals surface area (Å²) >= 11 is 0.834. The first-order valence-electron chi connectivity index (χ1n) is 12.9. The molecule has 0 radical (unpaired) electrons. The molecule has 2 saturated heterocycles. The van der Waals surface area contributed by atoms with Crippen molar-refractivity contribution in [2.45, 2.75) is 39.7 Å². The second-order valence-electron chi connectivity index (χ2n) is 9.83. The fourth-order valence-electron chi connectivity index (χ4n) is 5.21.